The van der Waals surface area contributed by atoms with E-state index in [1.54, 1.807) is 0 Å². The van der Waals surface area contributed by atoms with Crippen LogP contribution in [0.3, 0.4) is 0 Å². The van der Waals surface area contributed by atoms with Gasteiger partial charge in [-0.1, -0.05) is 0 Å². The molecule has 6 nitrogen and oxygen atoms in total. The van der Waals surface area contributed by atoms with E-state index in [9.17, 15) is 22.8 Å². The van der Waals surface area contributed by atoms with E-state index in [1.807, 2.05) is 5.32 Å². The molecule has 1 saturated heterocycles. The van der Waals surface area contributed by atoms with E-state index in [-0.39, 0.29) is 37.5 Å². The molecule has 1 aromatic heterocycles. The molecule has 2 amide bonds. The summed E-state index contributed by atoms with van der Waals surface area (Å²) >= 11 is 0. The Morgan fingerprint density at radius 3 is 2.43 bits per heavy atom. The van der Waals surface area contributed by atoms with Crippen LogP contribution in [-0.2, 0) is 4.79 Å². The van der Waals surface area contributed by atoms with E-state index in [2.05, 4.69) is 9.97 Å². The van der Waals surface area contributed by atoms with Gasteiger partial charge in [0.2, 0.25) is 0 Å². The molecule has 0 saturated carbocycles. The maximum absolute atomic E-state index is 12.1. The first-order valence-corrected chi connectivity index (χ1v) is 6.31. The van der Waals surface area contributed by atoms with Crippen molar-refractivity contribution in [1.29, 1.82) is 0 Å². The van der Waals surface area contributed by atoms with Crippen LogP contribution in [0.25, 0.3) is 0 Å². The Hall–Kier alpha value is -2.19. The van der Waals surface area contributed by atoms with Crippen molar-refractivity contribution in [2.75, 3.05) is 13.1 Å². The van der Waals surface area contributed by atoms with Crippen molar-refractivity contribution in [3.63, 3.8) is 0 Å². The van der Waals surface area contributed by atoms with Gasteiger partial charge in [-0.2, -0.15) is 13.2 Å². The van der Waals surface area contributed by atoms with Crippen molar-refractivity contribution in [2.45, 2.75) is 25.1 Å². The third kappa shape index (κ3) is 3.89. The number of aromatic nitrogens is 2. The standard InChI is InChI=1S/C12H13F3N4O2/c13-12(14,15)11(21)18-8-1-5-19(6-2-8)10(20)9-7-16-3-4-17-9/h3-4,7-8H,1-2,5-6H2,(H,18,21). The molecular formula is C12H13F3N4O2. The van der Waals surface area contributed by atoms with Crippen LogP contribution in [-0.4, -0.2) is 52.0 Å². The highest BCUT2D eigenvalue weighted by Gasteiger charge is 2.40. The summed E-state index contributed by atoms with van der Waals surface area (Å²) in [4.78, 5) is 32.0. The van der Waals surface area contributed by atoms with Gasteiger partial charge in [-0.3, -0.25) is 14.6 Å². The van der Waals surface area contributed by atoms with Gasteiger partial charge < -0.3 is 10.2 Å². The number of amides is 2. The molecule has 0 spiro atoms. The predicted molar refractivity (Wildman–Crippen MR) is 65.2 cm³/mol. The normalized spacial score (nSPS) is 16.6. The minimum atomic E-state index is -4.88. The monoisotopic (exact) mass is 302 g/mol. The van der Waals surface area contributed by atoms with Crippen LogP contribution in [0.15, 0.2) is 18.6 Å². The summed E-state index contributed by atoms with van der Waals surface area (Å²) in [6, 6.07) is -0.579. The molecule has 21 heavy (non-hydrogen) atoms. The fourth-order valence-electron chi connectivity index (χ4n) is 2.07. The van der Waals surface area contributed by atoms with Crippen LogP contribution in [0.5, 0.6) is 0 Å². The first-order valence-electron chi connectivity index (χ1n) is 6.31. The fourth-order valence-corrected chi connectivity index (χ4v) is 2.07. The summed E-state index contributed by atoms with van der Waals surface area (Å²) in [6.07, 6.45) is -0.173. The molecular weight excluding hydrogens is 289 g/mol. The number of piperidine rings is 1. The van der Waals surface area contributed by atoms with Crippen molar-refractivity contribution in [2.24, 2.45) is 0 Å². The number of alkyl halides is 3. The molecule has 0 radical (unpaired) electrons. The molecule has 1 aromatic rings. The average molecular weight is 302 g/mol. The smallest absolute Gasteiger partial charge is 0.345 e. The summed E-state index contributed by atoms with van der Waals surface area (Å²) < 4.78 is 36.4. The molecule has 0 aromatic carbocycles. The zero-order chi connectivity index (χ0) is 15.5. The SMILES string of the molecule is O=C(c1cnccn1)N1CCC(NC(=O)C(F)(F)F)CC1. The Morgan fingerprint density at radius 2 is 1.90 bits per heavy atom. The van der Waals surface area contributed by atoms with E-state index >= 15 is 0 Å². The van der Waals surface area contributed by atoms with Gasteiger partial charge in [-0.15, -0.1) is 0 Å². The van der Waals surface area contributed by atoms with Crippen LogP contribution < -0.4 is 5.32 Å². The molecule has 1 aliphatic rings. The third-order valence-corrected chi connectivity index (χ3v) is 3.16. The topological polar surface area (TPSA) is 75.2 Å². The average Bonchev–Trinajstić information content (AvgIpc) is 2.47. The van der Waals surface area contributed by atoms with Gasteiger partial charge in [-0.25, -0.2) is 4.98 Å². The third-order valence-electron chi connectivity index (χ3n) is 3.16. The van der Waals surface area contributed by atoms with Crippen LogP contribution in [0.1, 0.15) is 23.3 Å². The second kappa shape index (κ2) is 6.06. The lowest BCUT2D eigenvalue weighted by Gasteiger charge is -2.32. The van der Waals surface area contributed by atoms with Gasteiger partial charge in [-0.05, 0) is 12.8 Å². The molecule has 1 fully saturated rings. The quantitative estimate of drug-likeness (QED) is 0.875. The van der Waals surface area contributed by atoms with Gasteiger partial charge in [0, 0.05) is 31.5 Å². The maximum atomic E-state index is 12.1. The number of rotatable bonds is 2. The summed E-state index contributed by atoms with van der Waals surface area (Å²) in [5, 5.41) is 1.93. The first kappa shape index (κ1) is 15.2. The fraction of sp³-hybridized carbons (Fsp3) is 0.500. The number of carbonyl (C=O) groups is 2. The number of hydrogen-bond acceptors (Lipinski definition) is 4. The predicted octanol–water partition coefficient (Wildman–Crippen LogP) is 0.760. The highest BCUT2D eigenvalue weighted by Crippen LogP contribution is 2.17. The van der Waals surface area contributed by atoms with Gasteiger partial charge in [0.25, 0.3) is 5.91 Å². The maximum Gasteiger partial charge on any atom is 0.471 e. The Balaban J connectivity index is 1.86. The van der Waals surface area contributed by atoms with E-state index in [0.29, 0.717) is 0 Å². The summed E-state index contributed by atoms with van der Waals surface area (Å²) in [5.41, 5.74) is 0.190. The number of carbonyl (C=O) groups excluding carboxylic acids is 2. The van der Waals surface area contributed by atoms with Gasteiger partial charge in [0.1, 0.15) is 5.69 Å². The lowest BCUT2D eigenvalue weighted by Crippen LogP contribution is -2.49. The highest BCUT2D eigenvalue weighted by molar-refractivity contribution is 5.92. The lowest BCUT2D eigenvalue weighted by atomic mass is 10.0. The molecule has 9 heteroatoms. The Morgan fingerprint density at radius 1 is 1.24 bits per heavy atom. The first-order chi connectivity index (χ1) is 9.88. The van der Waals surface area contributed by atoms with E-state index in [0.717, 1.165) is 0 Å². The van der Waals surface area contributed by atoms with Gasteiger partial charge >= 0.3 is 12.1 Å². The van der Waals surface area contributed by atoms with Gasteiger partial charge in [0.15, 0.2) is 0 Å². The van der Waals surface area contributed by atoms with Crippen molar-refractivity contribution >= 4 is 11.8 Å². The largest absolute Gasteiger partial charge is 0.471 e. The molecule has 0 unspecified atom stereocenters. The molecule has 0 bridgehead atoms. The molecule has 114 valence electrons. The zero-order valence-corrected chi connectivity index (χ0v) is 10.9. The summed E-state index contributed by atoms with van der Waals surface area (Å²) in [7, 11) is 0. The van der Waals surface area contributed by atoms with E-state index in [4.69, 9.17) is 0 Å². The van der Waals surface area contributed by atoms with Crippen LogP contribution in [0.4, 0.5) is 13.2 Å². The van der Waals surface area contributed by atoms with E-state index < -0.39 is 18.1 Å². The zero-order valence-electron chi connectivity index (χ0n) is 10.9. The second-order valence-electron chi connectivity index (χ2n) is 4.63. The van der Waals surface area contributed by atoms with E-state index in [1.165, 1.54) is 23.5 Å². The van der Waals surface area contributed by atoms with Crippen molar-refractivity contribution in [3.8, 4) is 0 Å². The molecule has 0 atom stereocenters. The molecule has 1 N–H and O–H groups in total. The van der Waals surface area contributed by atoms with Crippen LogP contribution in [0, 0.1) is 0 Å². The highest BCUT2D eigenvalue weighted by atomic mass is 19.4. The number of hydrogen-bond donors (Lipinski definition) is 1. The molecule has 2 heterocycles. The number of nitrogens with zero attached hydrogens (tertiary/aromatic N) is 3. The minimum absolute atomic E-state index is 0.190. The lowest BCUT2D eigenvalue weighted by molar-refractivity contribution is -0.174. The Kier molecular flexibility index (Phi) is 4.39. The molecule has 1 aliphatic heterocycles. The van der Waals surface area contributed by atoms with Crippen LogP contribution >= 0.6 is 0 Å². The number of halogens is 3. The second-order valence-corrected chi connectivity index (χ2v) is 4.63. The Bertz CT molecular complexity index is 513. The molecule has 2 rings (SSSR count). The number of likely N-dealkylation sites (tertiary alicyclic amines) is 1. The number of nitrogens with one attached hydrogen (secondary N) is 1. The van der Waals surface area contributed by atoms with Crippen LogP contribution in [0.2, 0.25) is 0 Å². The van der Waals surface area contributed by atoms with Crippen molar-refractivity contribution in [1.82, 2.24) is 20.2 Å². The Labute approximate surface area is 118 Å². The summed E-state index contributed by atoms with van der Waals surface area (Å²) in [5.74, 6) is -2.26. The van der Waals surface area contributed by atoms with Gasteiger partial charge in [0.05, 0.1) is 6.20 Å². The molecule has 0 aliphatic carbocycles. The summed E-state index contributed by atoms with van der Waals surface area (Å²) in [6.45, 7) is 0.524. The van der Waals surface area contributed by atoms with Crippen molar-refractivity contribution < 1.29 is 22.8 Å². The minimum Gasteiger partial charge on any atom is -0.345 e. The van der Waals surface area contributed by atoms with Crippen molar-refractivity contribution in [3.05, 3.63) is 24.3 Å².